The molecular weight excluding hydrogens is 519 g/mol. The normalized spacial score (nSPS) is 16.0. The maximum absolute atomic E-state index is 12.3. The topological polar surface area (TPSA) is 50.7 Å². The van der Waals surface area contributed by atoms with Crippen LogP contribution < -0.4 is 10.1 Å². The van der Waals surface area contributed by atoms with E-state index in [9.17, 15) is 4.79 Å². The third-order valence-corrected chi connectivity index (χ3v) is 6.50. The number of rotatable bonds is 5. The molecule has 4 rings (SSSR count). The molecule has 0 atom stereocenters. The van der Waals surface area contributed by atoms with Crippen LogP contribution in [0.1, 0.15) is 22.3 Å². The number of amides is 1. The summed E-state index contributed by atoms with van der Waals surface area (Å²) in [6, 6.07) is 22.0. The Balaban J connectivity index is 1.41. The van der Waals surface area contributed by atoms with E-state index in [1.54, 1.807) is 0 Å². The first-order valence-electron chi connectivity index (χ1n) is 9.80. The molecule has 1 fully saturated rings. The third kappa shape index (κ3) is 5.77. The Morgan fingerprint density at radius 2 is 1.74 bits per heavy atom. The molecule has 156 valence electrons. The largest absolute Gasteiger partial charge is 0.489 e. The number of halogens is 1. The Hall–Kier alpha value is -2.58. The number of thioether (sulfide) groups is 1. The van der Waals surface area contributed by atoms with Crippen molar-refractivity contribution in [1.29, 1.82) is 0 Å². The first-order valence-corrected chi connectivity index (χ1v) is 11.7. The number of benzene rings is 3. The number of aryl methyl sites for hydroxylation is 2. The van der Waals surface area contributed by atoms with Crippen LogP contribution in [0, 0.1) is 17.4 Å². The minimum absolute atomic E-state index is 0.133. The lowest BCUT2D eigenvalue weighted by atomic mass is 10.1. The van der Waals surface area contributed by atoms with E-state index in [-0.39, 0.29) is 5.91 Å². The summed E-state index contributed by atoms with van der Waals surface area (Å²) in [6.45, 7) is 4.64. The van der Waals surface area contributed by atoms with Crippen LogP contribution in [-0.2, 0) is 11.4 Å². The molecule has 0 bridgehead atoms. The van der Waals surface area contributed by atoms with Gasteiger partial charge >= 0.3 is 0 Å². The molecule has 3 aromatic rings. The summed E-state index contributed by atoms with van der Waals surface area (Å²) < 4.78 is 7.06. The quantitative estimate of drug-likeness (QED) is 0.302. The van der Waals surface area contributed by atoms with Gasteiger partial charge in [-0.15, -0.1) is 0 Å². The van der Waals surface area contributed by atoms with Crippen LogP contribution in [0.3, 0.4) is 0 Å². The molecule has 31 heavy (non-hydrogen) atoms. The zero-order valence-corrected chi connectivity index (χ0v) is 20.2. The summed E-state index contributed by atoms with van der Waals surface area (Å²) in [7, 11) is 0. The average molecular weight is 540 g/mol. The monoisotopic (exact) mass is 540 g/mol. The van der Waals surface area contributed by atoms with Gasteiger partial charge in [0.25, 0.3) is 5.91 Å². The molecule has 0 saturated carbocycles. The number of nitrogens with one attached hydrogen (secondary N) is 1. The fraction of sp³-hybridized carbons (Fsp3) is 0.120. The molecule has 1 saturated heterocycles. The summed E-state index contributed by atoms with van der Waals surface area (Å²) in [5.41, 5.74) is 5.30. The molecule has 1 heterocycles. The van der Waals surface area contributed by atoms with Crippen LogP contribution >= 0.6 is 34.4 Å². The van der Waals surface area contributed by atoms with Gasteiger partial charge in [0.15, 0.2) is 5.17 Å². The van der Waals surface area contributed by atoms with Crippen molar-refractivity contribution in [3.63, 3.8) is 0 Å². The fourth-order valence-corrected chi connectivity index (χ4v) is 4.15. The number of amidine groups is 1. The highest BCUT2D eigenvalue weighted by atomic mass is 127. The van der Waals surface area contributed by atoms with Gasteiger partial charge < -0.3 is 10.1 Å². The molecule has 0 unspecified atom stereocenters. The van der Waals surface area contributed by atoms with Crippen molar-refractivity contribution >= 4 is 57.2 Å². The lowest BCUT2D eigenvalue weighted by Crippen LogP contribution is -2.19. The van der Waals surface area contributed by atoms with E-state index < -0.39 is 0 Å². The van der Waals surface area contributed by atoms with E-state index in [1.807, 2.05) is 48.5 Å². The zero-order chi connectivity index (χ0) is 21.8. The molecule has 0 aromatic heterocycles. The number of hydrogen-bond donors (Lipinski definition) is 1. The van der Waals surface area contributed by atoms with E-state index in [0.717, 1.165) is 22.6 Å². The second-order valence-electron chi connectivity index (χ2n) is 7.23. The van der Waals surface area contributed by atoms with Crippen molar-refractivity contribution < 1.29 is 9.53 Å². The van der Waals surface area contributed by atoms with Gasteiger partial charge in [0.2, 0.25) is 0 Å². The van der Waals surface area contributed by atoms with Crippen LogP contribution in [0.5, 0.6) is 5.75 Å². The van der Waals surface area contributed by atoms with Crippen LogP contribution in [0.25, 0.3) is 6.08 Å². The minimum Gasteiger partial charge on any atom is -0.489 e. The van der Waals surface area contributed by atoms with Crippen molar-refractivity contribution in [2.24, 2.45) is 4.99 Å². The predicted octanol–water partition coefficient (Wildman–Crippen LogP) is 6.38. The summed E-state index contributed by atoms with van der Waals surface area (Å²) >= 11 is 3.64. The standard InChI is InChI=1S/C25H21IN2O2S/c1-16-3-10-21(13-17(16)2)27-25-28-24(29)23(31-25)14-18-6-11-22(12-7-18)30-15-19-4-8-20(26)9-5-19/h3-14H,15H2,1-2H3,(H,27,28,29)/b23-14-. The number of carbonyl (C=O) groups is 1. The number of hydrogen-bond acceptors (Lipinski definition) is 4. The first-order chi connectivity index (χ1) is 15.0. The Kier molecular flexibility index (Phi) is 6.77. The molecule has 1 aliphatic rings. The van der Waals surface area contributed by atoms with E-state index >= 15 is 0 Å². The molecule has 4 nitrogen and oxygen atoms in total. The molecule has 0 aliphatic carbocycles. The molecule has 0 radical (unpaired) electrons. The minimum atomic E-state index is -0.133. The number of carbonyl (C=O) groups excluding carboxylic acids is 1. The van der Waals surface area contributed by atoms with Gasteiger partial charge in [0.1, 0.15) is 12.4 Å². The second-order valence-corrected chi connectivity index (χ2v) is 9.51. The van der Waals surface area contributed by atoms with Gasteiger partial charge in [0, 0.05) is 3.57 Å². The van der Waals surface area contributed by atoms with Crippen molar-refractivity contribution in [3.05, 3.63) is 97.5 Å². The van der Waals surface area contributed by atoms with Crippen LogP contribution in [0.15, 0.2) is 76.6 Å². The molecule has 1 amide bonds. The van der Waals surface area contributed by atoms with E-state index in [0.29, 0.717) is 16.7 Å². The number of aliphatic imine (C=N–C) groups is 1. The lowest BCUT2D eigenvalue weighted by molar-refractivity contribution is -0.115. The van der Waals surface area contributed by atoms with Gasteiger partial charge in [-0.1, -0.05) is 30.3 Å². The SMILES string of the molecule is Cc1ccc(N=C2NC(=O)/C(=C/c3ccc(OCc4ccc(I)cc4)cc3)S2)cc1C. The van der Waals surface area contributed by atoms with Gasteiger partial charge in [-0.05, 0) is 113 Å². The highest BCUT2D eigenvalue weighted by Gasteiger charge is 2.23. The molecule has 1 N–H and O–H groups in total. The lowest BCUT2D eigenvalue weighted by Gasteiger charge is -2.07. The van der Waals surface area contributed by atoms with Gasteiger partial charge in [-0.25, -0.2) is 4.99 Å². The Morgan fingerprint density at radius 1 is 1.00 bits per heavy atom. The first kappa shape index (κ1) is 21.6. The van der Waals surface area contributed by atoms with Gasteiger partial charge in [0.05, 0.1) is 10.6 Å². The maximum Gasteiger partial charge on any atom is 0.264 e. The molecule has 6 heteroatoms. The van der Waals surface area contributed by atoms with Gasteiger partial charge in [-0.3, -0.25) is 4.79 Å². The molecular formula is C25H21IN2O2S. The summed E-state index contributed by atoms with van der Waals surface area (Å²) in [6.07, 6.45) is 1.87. The molecule has 3 aromatic carbocycles. The van der Waals surface area contributed by atoms with Crippen molar-refractivity contribution in [2.75, 3.05) is 0 Å². The van der Waals surface area contributed by atoms with Crippen molar-refractivity contribution in [1.82, 2.24) is 5.32 Å². The molecule has 1 aliphatic heterocycles. The summed E-state index contributed by atoms with van der Waals surface area (Å²) in [5, 5.41) is 3.44. The van der Waals surface area contributed by atoms with Crippen molar-refractivity contribution in [2.45, 2.75) is 20.5 Å². The zero-order valence-electron chi connectivity index (χ0n) is 17.2. The predicted molar refractivity (Wildman–Crippen MR) is 137 cm³/mol. The molecule has 0 spiro atoms. The fourth-order valence-electron chi connectivity index (χ4n) is 2.95. The average Bonchev–Trinajstić information content (AvgIpc) is 3.10. The van der Waals surface area contributed by atoms with E-state index in [4.69, 9.17) is 4.74 Å². The van der Waals surface area contributed by atoms with Crippen LogP contribution in [-0.4, -0.2) is 11.1 Å². The Morgan fingerprint density at radius 3 is 2.45 bits per heavy atom. The third-order valence-electron chi connectivity index (χ3n) is 4.87. The van der Waals surface area contributed by atoms with Crippen molar-refractivity contribution in [3.8, 4) is 5.75 Å². The number of ether oxygens (including phenoxy) is 1. The van der Waals surface area contributed by atoms with E-state index in [2.05, 4.69) is 71.0 Å². The van der Waals surface area contributed by atoms with Gasteiger partial charge in [-0.2, -0.15) is 0 Å². The Labute approximate surface area is 200 Å². The Bertz CT molecular complexity index is 1170. The second kappa shape index (κ2) is 9.70. The summed E-state index contributed by atoms with van der Waals surface area (Å²) in [5.74, 6) is 0.660. The van der Waals surface area contributed by atoms with Crippen LogP contribution in [0.2, 0.25) is 0 Å². The van der Waals surface area contributed by atoms with E-state index in [1.165, 1.54) is 26.5 Å². The highest BCUT2D eigenvalue weighted by molar-refractivity contribution is 14.1. The maximum atomic E-state index is 12.3. The number of nitrogens with zero attached hydrogens (tertiary/aromatic N) is 1. The highest BCUT2D eigenvalue weighted by Crippen LogP contribution is 2.29. The van der Waals surface area contributed by atoms with Crippen LogP contribution in [0.4, 0.5) is 5.69 Å². The smallest absolute Gasteiger partial charge is 0.264 e. The summed E-state index contributed by atoms with van der Waals surface area (Å²) in [4.78, 5) is 17.5.